The zero-order valence-corrected chi connectivity index (χ0v) is 18.1. The molecule has 170 valence electrons. The molecule has 1 aliphatic rings. The Bertz CT molecular complexity index is 1300. The molecule has 0 unspecified atom stereocenters. The molecule has 0 fully saturated rings. The van der Waals surface area contributed by atoms with Crippen LogP contribution in [0, 0.1) is 5.82 Å². The summed E-state index contributed by atoms with van der Waals surface area (Å²) in [5, 5.41) is 2.68. The second-order valence-corrected chi connectivity index (χ2v) is 8.92. The van der Waals surface area contributed by atoms with Crippen LogP contribution in [0.5, 0.6) is 5.75 Å². The Labute approximate surface area is 190 Å². The number of hydrogen-bond donors (Lipinski definition) is 2. The van der Waals surface area contributed by atoms with E-state index in [1.54, 1.807) is 24.3 Å². The fraction of sp³-hybridized carbons (Fsp3) is 0.130. The number of sulfonamides is 1. The van der Waals surface area contributed by atoms with E-state index in [2.05, 4.69) is 10.0 Å². The smallest absolute Gasteiger partial charge is 0.265 e. The highest BCUT2D eigenvalue weighted by atomic mass is 32.2. The van der Waals surface area contributed by atoms with Crippen molar-refractivity contribution in [2.45, 2.75) is 11.3 Å². The minimum Gasteiger partial charge on any atom is -0.482 e. The standard InChI is InChI=1S/C23H20FN3O5S/c24-16-4-3-5-18(14-16)26-33(30,31)19-10-8-17(9-11-19)25-22(28)12-13-27-20-6-1-2-7-21(20)32-15-23(27)29/h1-11,14,26H,12-13,15H2,(H,25,28). The molecule has 0 saturated heterocycles. The van der Waals surface area contributed by atoms with E-state index >= 15 is 0 Å². The van der Waals surface area contributed by atoms with Gasteiger partial charge in [0, 0.05) is 18.7 Å². The first-order chi connectivity index (χ1) is 15.8. The molecule has 1 aliphatic heterocycles. The summed E-state index contributed by atoms with van der Waals surface area (Å²) in [5.74, 6) is -0.543. The second kappa shape index (κ2) is 9.29. The summed E-state index contributed by atoms with van der Waals surface area (Å²) in [6.07, 6.45) is 0.0429. The van der Waals surface area contributed by atoms with Crippen LogP contribution in [0.3, 0.4) is 0 Å². The van der Waals surface area contributed by atoms with Crippen molar-refractivity contribution in [1.82, 2.24) is 0 Å². The van der Waals surface area contributed by atoms with E-state index in [-0.39, 0.29) is 42.0 Å². The van der Waals surface area contributed by atoms with Crippen LogP contribution in [0.1, 0.15) is 6.42 Å². The highest BCUT2D eigenvalue weighted by Crippen LogP contribution is 2.31. The minimum atomic E-state index is -3.92. The molecule has 8 nitrogen and oxygen atoms in total. The van der Waals surface area contributed by atoms with Crippen molar-refractivity contribution < 1.29 is 27.1 Å². The summed E-state index contributed by atoms with van der Waals surface area (Å²) >= 11 is 0. The van der Waals surface area contributed by atoms with Crippen molar-refractivity contribution in [3.63, 3.8) is 0 Å². The van der Waals surface area contributed by atoms with Crippen LogP contribution in [-0.2, 0) is 19.6 Å². The number of benzene rings is 3. The molecule has 1 heterocycles. The zero-order valence-electron chi connectivity index (χ0n) is 17.3. The molecule has 0 atom stereocenters. The van der Waals surface area contributed by atoms with Crippen LogP contribution in [0.2, 0.25) is 0 Å². The van der Waals surface area contributed by atoms with Gasteiger partial charge in [-0.1, -0.05) is 18.2 Å². The second-order valence-electron chi connectivity index (χ2n) is 7.24. The molecular weight excluding hydrogens is 449 g/mol. The predicted octanol–water partition coefficient (Wildman–Crippen LogP) is 3.38. The van der Waals surface area contributed by atoms with E-state index in [0.717, 1.165) is 6.07 Å². The van der Waals surface area contributed by atoms with Crippen LogP contribution >= 0.6 is 0 Å². The molecule has 0 radical (unpaired) electrons. The van der Waals surface area contributed by atoms with Crippen LogP contribution in [0.15, 0.2) is 77.7 Å². The maximum Gasteiger partial charge on any atom is 0.265 e. The van der Waals surface area contributed by atoms with Crippen LogP contribution in [-0.4, -0.2) is 33.4 Å². The van der Waals surface area contributed by atoms with Crippen molar-refractivity contribution in [1.29, 1.82) is 0 Å². The van der Waals surface area contributed by atoms with Crippen molar-refractivity contribution in [3.8, 4) is 5.75 Å². The number of rotatable bonds is 7. The summed E-state index contributed by atoms with van der Waals surface area (Å²) in [6.45, 7) is 0.0906. The Balaban J connectivity index is 1.36. The monoisotopic (exact) mass is 469 g/mol. The largest absolute Gasteiger partial charge is 0.482 e. The molecule has 2 N–H and O–H groups in total. The van der Waals surface area contributed by atoms with E-state index < -0.39 is 15.8 Å². The normalized spacial score (nSPS) is 13.1. The Kier molecular flexibility index (Phi) is 6.27. The molecule has 0 bridgehead atoms. The molecule has 3 aromatic rings. The van der Waals surface area contributed by atoms with Crippen molar-refractivity contribution in [3.05, 3.63) is 78.6 Å². The third-order valence-electron chi connectivity index (χ3n) is 4.90. The van der Waals surface area contributed by atoms with Gasteiger partial charge in [0.25, 0.3) is 15.9 Å². The molecule has 10 heteroatoms. The summed E-state index contributed by atoms with van der Waals surface area (Å²) in [4.78, 5) is 26.0. The van der Waals surface area contributed by atoms with Gasteiger partial charge < -0.3 is 15.0 Å². The number of carbonyl (C=O) groups excluding carboxylic acids is 2. The van der Waals surface area contributed by atoms with Crippen LogP contribution < -0.4 is 19.7 Å². The molecular formula is C23H20FN3O5S. The number of halogens is 1. The van der Waals surface area contributed by atoms with Gasteiger partial charge in [-0.25, -0.2) is 12.8 Å². The Morgan fingerprint density at radius 2 is 1.76 bits per heavy atom. The number of hydrogen-bond acceptors (Lipinski definition) is 5. The quantitative estimate of drug-likeness (QED) is 0.552. The molecule has 0 aliphatic carbocycles. The first-order valence-electron chi connectivity index (χ1n) is 10.0. The fourth-order valence-electron chi connectivity index (χ4n) is 3.32. The van der Waals surface area contributed by atoms with Gasteiger partial charge in [-0.15, -0.1) is 0 Å². The number of nitrogens with one attached hydrogen (secondary N) is 2. The lowest BCUT2D eigenvalue weighted by Crippen LogP contribution is -2.40. The summed E-state index contributed by atoms with van der Waals surface area (Å²) < 4.78 is 46.0. The third-order valence-corrected chi connectivity index (χ3v) is 6.29. The first kappa shape index (κ1) is 22.3. The Hall–Kier alpha value is -3.92. The topological polar surface area (TPSA) is 105 Å². The average Bonchev–Trinajstić information content (AvgIpc) is 2.78. The SMILES string of the molecule is O=C(CCN1C(=O)COc2ccccc21)Nc1ccc(S(=O)(=O)Nc2cccc(F)c2)cc1. The van der Waals surface area contributed by atoms with Crippen molar-refractivity contribution >= 4 is 38.9 Å². The first-order valence-corrected chi connectivity index (χ1v) is 11.5. The molecule has 0 saturated carbocycles. The average molecular weight is 469 g/mol. The van der Waals surface area contributed by atoms with Crippen LogP contribution in [0.25, 0.3) is 0 Å². The molecule has 33 heavy (non-hydrogen) atoms. The van der Waals surface area contributed by atoms with Gasteiger partial charge in [0.1, 0.15) is 11.6 Å². The molecule has 0 spiro atoms. The summed E-state index contributed by atoms with van der Waals surface area (Å²) in [7, 11) is -3.92. The van der Waals surface area contributed by atoms with E-state index in [9.17, 15) is 22.4 Å². The van der Waals surface area contributed by atoms with E-state index in [1.165, 1.54) is 47.4 Å². The lowest BCUT2D eigenvalue weighted by atomic mass is 10.2. The number of fused-ring (bicyclic) bond motifs is 1. The summed E-state index contributed by atoms with van der Waals surface area (Å²) in [5.41, 5.74) is 1.12. The number of carbonyl (C=O) groups is 2. The third kappa shape index (κ3) is 5.29. The van der Waals surface area contributed by atoms with Gasteiger partial charge in [-0.05, 0) is 54.6 Å². The predicted molar refractivity (Wildman–Crippen MR) is 121 cm³/mol. The molecule has 3 aromatic carbocycles. The number of para-hydroxylation sites is 2. The van der Waals surface area contributed by atoms with Gasteiger partial charge >= 0.3 is 0 Å². The number of nitrogens with zero attached hydrogens (tertiary/aromatic N) is 1. The molecule has 2 amide bonds. The van der Waals surface area contributed by atoms with Gasteiger partial charge in [-0.3, -0.25) is 14.3 Å². The number of ether oxygens (including phenoxy) is 1. The van der Waals surface area contributed by atoms with E-state index in [4.69, 9.17) is 4.74 Å². The maximum atomic E-state index is 13.3. The zero-order chi connectivity index (χ0) is 23.4. The van der Waals surface area contributed by atoms with Gasteiger partial charge in [-0.2, -0.15) is 0 Å². The Morgan fingerprint density at radius 1 is 1.00 bits per heavy atom. The number of anilines is 3. The maximum absolute atomic E-state index is 13.3. The van der Waals surface area contributed by atoms with E-state index in [0.29, 0.717) is 17.1 Å². The Morgan fingerprint density at radius 3 is 2.52 bits per heavy atom. The minimum absolute atomic E-state index is 0.0414. The lowest BCUT2D eigenvalue weighted by Gasteiger charge is -2.29. The van der Waals surface area contributed by atoms with Crippen LogP contribution in [0.4, 0.5) is 21.5 Å². The van der Waals surface area contributed by atoms with Gasteiger partial charge in [0.15, 0.2) is 6.61 Å². The number of amides is 2. The summed E-state index contributed by atoms with van der Waals surface area (Å²) in [6, 6.07) is 17.8. The highest BCUT2D eigenvalue weighted by molar-refractivity contribution is 7.92. The van der Waals surface area contributed by atoms with E-state index in [1.807, 2.05) is 0 Å². The highest BCUT2D eigenvalue weighted by Gasteiger charge is 2.25. The van der Waals surface area contributed by atoms with Gasteiger partial charge in [0.05, 0.1) is 16.3 Å². The fourth-order valence-corrected chi connectivity index (χ4v) is 4.37. The van der Waals surface area contributed by atoms with Crippen molar-refractivity contribution in [2.75, 3.05) is 28.1 Å². The van der Waals surface area contributed by atoms with Gasteiger partial charge in [0.2, 0.25) is 5.91 Å². The lowest BCUT2D eigenvalue weighted by molar-refractivity contribution is -0.121. The van der Waals surface area contributed by atoms with Crippen molar-refractivity contribution in [2.24, 2.45) is 0 Å². The molecule has 0 aromatic heterocycles. The molecule has 4 rings (SSSR count).